The van der Waals surface area contributed by atoms with Crippen LogP contribution in [0.5, 0.6) is 0 Å². The summed E-state index contributed by atoms with van der Waals surface area (Å²) in [5, 5.41) is 5.84. The van der Waals surface area contributed by atoms with E-state index >= 15 is 0 Å². The fraction of sp³-hybridized carbons (Fsp3) is 0.733. The van der Waals surface area contributed by atoms with Crippen LogP contribution in [0, 0.1) is 5.92 Å². The molecule has 0 aliphatic carbocycles. The molecule has 0 radical (unpaired) electrons. The van der Waals surface area contributed by atoms with Crippen molar-refractivity contribution in [3.8, 4) is 0 Å². The lowest BCUT2D eigenvalue weighted by Gasteiger charge is -2.22. The zero-order valence-corrected chi connectivity index (χ0v) is 12.4. The quantitative estimate of drug-likeness (QED) is 0.640. The van der Waals surface area contributed by atoms with Crippen molar-refractivity contribution >= 4 is 11.3 Å². The third-order valence-electron chi connectivity index (χ3n) is 3.23. The molecule has 2 heteroatoms. The summed E-state index contributed by atoms with van der Waals surface area (Å²) in [6, 6.07) is 5.11. The molecular formula is C15H27NS. The van der Waals surface area contributed by atoms with E-state index in [1.807, 2.05) is 11.3 Å². The van der Waals surface area contributed by atoms with Crippen molar-refractivity contribution in [2.24, 2.45) is 5.92 Å². The highest BCUT2D eigenvalue weighted by atomic mass is 32.1. The predicted molar refractivity (Wildman–Crippen MR) is 78.8 cm³/mol. The van der Waals surface area contributed by atoms with E-state index in [1.54, 1.807) is 0 Å². The highest BCUT2D eigenvalue weighted by molar-refractivity contribution is 7.09. The summed E-state index contributed by atoms with van der Waals surface area (Å²) in [4.78, 5) is 1.53. The van der Waals surface area contributed by atoms with E-state index < -0.39 is 0 Å². The highest BCUT2D eigenvalue weighted by Gasteiger charge is 2.11. The van der Waals surface area contributed by atoms with Crippen molar-refractivity contribution in [1.29, 1.82) is 0 Å². The molecule has 0 saturated heterocycles. The fourth-order valence-corrected chi connectivity index (χ4v) is 2.87. The van der Waals surface area contributed by atoms with Gasteiger partial charge in [0.1, 0.15) is 0 Å². The molecule has 1 atom stereocenters. The molecule has 0 amide bonds. The summed E-state index contributed by atoms with van der Waals surface area (Å²) in [6.07, 6.45) is 6.49. The Morgan fingerprint density at radius 2 is 2.12 bits per heavy atom. The summed E-state index contributed by atoms with van der Waals surface area (Å²) >= 11 is 1.89. The van der Waals surface area contributed by atoms with Crippen LogP contribution in [0.15, 0.2) is 17.5 Å². The molecule has 1 nitrogen and oxygen atoms in total. The number of unbranched alkanes of at least 4 members (excludes halogenated alkanes) is 1. The average molecular weight is 253 g/mol. The lowest BCUT2D eigenvalue weighted by molar-refractivity contribution is 0.367. The van der Waals surface area contributed by atoms with Gasteiger partial charge in [0.2, 0.25) is 0 Å². The first-order valence-corrected chi connectivity index (χ1v) is 7.87. The SMILES string of the molecule is CCCNC(CCCCc1cccs1)C(C)C. The normalized spacial score (nSPS) is 13.2. The van der Waals surface area contributed by atoms with Crippen LogP contribution in [0.1, 0.15) is 51.3 Å². The van der Waals surface area contributed by atoms with Gasteiger partial charge in [-0.25, -0.2) is 0 Å². The lowest BCUT2D eigenvalue weighted by atomic mass is 9.97. The van der Waals surface area contributed by atoms with Crippen LogP contribution in [0.3, 0.4) is 0 Å². The van der Waals surface area contributed by atoms with Gasteiger partial charge in [-0.1, -0.05) is 33.3 Å². The second-order valence-electron chi connectivity index (χ2n) is 5.13. The maximum absolute atomic E-state index is 3.67. The first kappa shape index (κ1) is 14.7. The average Bonchev–Trinajstić information content (AvgIpc) is 2.80. The van der Waals surface area contributed by atoms with E-state index in [-0.39, 0.29) is 0 Å². The molecule has 98 valence electrons. The summed E-state index contributed by atoms with van der Waals surface area (Å²) in [7, 11) is 0. The van der Waals surface area contributed by atoms with Crippen molar-refractivity contribution in [1.82, 2.24) is 5.32 Å². The molecule has 1 rings (SSSR count). The fourth-order valence-electron chi connectivity index (χ4n) is 2.12. The van der Waals surface area contributed by atoms with Crippen molar-refractivity contribution in [3.05, 3.63) is 22.4 Å². The number of thiophene rings is 1. The topological polar surface area (TPSA) is 12.0 Å². The van der Waals surface area contributed by atoms with Crippen LogP contribution in [0.25, 0.3) is 0 Å². The van der Waals surface area contributed by atoms with Gasteiger partial charge in [-0.15, -0.1) is 11.3 Å². The van der Waals surface area contributed by atoms with E-state index in [4.69, 9.17) is 0 Å². The largest absolute Gasteiger partial charge is 0.314 e. The first-order chi connectivity index (χ1) is 8.24. The molecule has 17 heavy (non-hydrogen) atoms. The summed E-state index contributed by atoms with van der Waals surface area (Å²) in [5.41, 5.74) is 0. The second-order valence-corrected chi connectivity index (χ2v) is 6.16. The van der Waals surface area contributed by atoms with Gasteiger partial charge in [0.05, 0.1) is 0 Å². The van der Waals surface area contributed by atoms with Gasteiger partial charge < -0.3 is 5.32 Å². The van der Waals surface area contributed by atoms with E-state index in [0.29, 0.717) is 6.04 Å². The van der Waals surface area contributed by atoms with Crippen molar-refractivity contribution in [2.75, 3.05) is 6.54 Å². The summed E-state index contributed by atoms with van der Waals surface area (Å²) < 4.78 is 0. The monoisotopic (exact) mass is 253 g/mol. The second kappa shape index (κ2) is 8.71. The van der Waals surface area contributed by atoms with Gasteiger partial charge in [-0.2, -0.15) is 0 Å². The van der Waals surface area contributed by atoms with Crippen LogP contribution >= 0.6 is 11.3 Å². The molecular weight excluding hydrogens is 226 g/mol. The zero-order chi connectivity index (χ0) is 12.5. The van der Waals surface area contributed by atoms with E-state index in [1.165, 1.54) is 37.0 Å². The van der Waals surface area contributed by atoms with E-state index in [0.717, 1.165) is 12.5 Å². The molecule has 1 aromatic heterocycles. The van der Waals surface area contributed by atoms with Crippen LogP contribution in [0.2, 0.25) is 0 Å². The Hall–Kier alpha value is -0.340. The Morgan fingerprint density at radius 3 is 2.71 bits per heavy atom. The van der Waals surface area contributed by atoms with Crippen molar-refractivity contribution in [3.63, 3.8) is 0 Å². The Labute approximate surface area is 111 Å². The molecule has 1 N–H and O–H groups in total. The van der Waals surface area contributed by atoms with Gasteiger partial charge in [0, 0.05) is 10.9 Å². The van der Waals surface area contributed by atoms with E-state index in [9.17, 15) is 0 Å². The standard InChI is InChI=1S/C15H27NS/c1-4-11-16-15(13(2)3)10-6-5-8-14-9-7-12-17-14/h7,9,12-13,15-16H,4-6,8,10-11H2,1-3H3. The van der Waals surface area contributed by atoms with E-state index in [2.05, 4.69) is 43.6 Å². The Bertz CT molecular complexity index is 266. The molecule has 0 aromatic carbocycles. The predicted octanol–water partition coefficient (Wildman–Crippen LogP) is 4.49. The maximum atomic E-state index is 3.67. The van der Waals surface area contributed by atoms with Gasteiger partial charge in [-0.05, 0) is 49.6 Å². The number of hydrogen-bond acceptors (Lipinski definition) is 2. The smallest absolute Gasteiger partial charge is 0.00900 e. The molecule has 0 aliphatic rings. The molecule has 0 fully saturated rings. The van der Waals surface area contributed by atoms with Crippen LogP contribution < -0.4 is 5.32 Å². The van der Waals surface area contributed by atoms with Crippen LogP contribution in [-0.4, -0.2) is 12.6 Å². The number of hydrogen-bond donors (Lipinski definition) is 1. The molecule has 0 spiro atoms. The molecule has 1 heterocycles. The minimum atomic E-state index is 0.707. The molecule has 0 saturated carbocycles. The minimum Gasteiger partial charge on any atom is -0.314 e. The van der Waals surface area contributed by atoms with Gasteiger partial charge in [0.25, 0.3) is 0 Å². The lowest BCUT2D eigenvalue weighted by Crippen LogP contribution is -2.34. The van der Waals surface area contributed by atoms with Crippen LogP contribution in [-0.2, 0) is 6.42 Å². The minimum absolute atomic E-state index is 0.707. The Balaban J connectivity index is 2.13. The number of nitrogens with one attached hydrogen (secondary N) is 1. The molecule has 1 unspecified atom stereocenters. The van der Waals surface area contributed by atoms with Crippen molar-refractivity contribution in [2.45, 2.75) is 58.9 Å². The summed E-state index contributed by atoms with van der Waals surface area (Å²) in [5.74, 6) is 0.753. The molecule has 1 aromatic rings. The third-order valence-corrected chi connectivity index (χ3v) is 4.17. The molecule has 0 bridgehead atoms. The first-order valence-electron chi connectivity index (χ1n) is 6.99. The van der Waals surface area contributed by atoms with Gasteiger partial charge in [-0.3, -0.25) is 0 Å². The zero-order valence-electron chi connectivity index (χ0n) is 11.5. The third kappa shape index (κ3) is 6.23. The molecule has 0 aliphatic heterocycles. The van der Waals surface area contributed by atoms with Gasteiger partial charge >= 0.3 is 0 Å². The highest BCUT2D eigenvalue weighted by Crippen LogP contribution is 2.15. The Morgan fingerprint density at radius 1 is 1.29 bits per heavy atom. The number of aryl methyl sites for hydroxylation is 1. The summed E-state index contributed by atoms with van der Waals surface area (Å²) in [6.45, 7) is 8.05. The Kier molecular flexibility index (Phi) is 7.54. The van der Waals surface area contributed by atoms with Gasteiger partial charge in [0.15, 0.2) is 0 Å². The maximum Gasteiger partial charge on any atom is 0.00900 e. The van der Waals surface area contributed by atoms with Crippen molar-refractivity contribution < 1.29 is 0 Å². The van der Waals surface area contributed by atoms with Crippen LogP contribution in [0.4, 0.5) is 0 Å². The number of rotatable bonds is 9.